The smallest absolute Gasteiger partial charge is 0.325 e. The van der Waals surface area contributed by atoms with Crippen LogP contribution in [0.4, 0.5) is 5.69 Å². The van der Waals surface area contributed by atoms with Crippen LogP contribution < -0.4 is 10.6 Å². The van der Waals surface area contributed by atoms with Crippen molar-refractivity contribution >= 4 is 23.5 Å². The zero-order valence-electron chi connectivity index (χ0n) is 12.7. The molecule has 0 aliphatic heterocycles. The quantitative estimate of drug-likeness (QED) is 0.548. The molecule has 2 aromatic carbocycles. The van der Waals surface area contributed by atoms with Gasteiger partial charge >= 0.3 is 5.97 Å². The molecule has 0 atom stereocenters. The fourth-order valence-corrected chi connectivity index (χ4v) is 1.78. The van der Waals surface area contributed by atoms with Crippen molar-refractivity contribution in [3.63, 3.8) is 0 Å². The third-order valence-electron chi connectivity index (χ3n) is 2.94. The summed E-state index contributed by atoms with van der Waals surface area (Å²) in [6, 6.07) is 14.3. The highest BCUT2D eigenvalue weighted by Crippen LogP contribution is 2.13. The summed E-state index contributed by atoms with van der Waals surface area (Å²) in [5.41, 5.74) is 0.890. The van der Waals surface area contributed by atoms with Crippen LogP contribution in [-0.4, -0.2) is 36.0 Å². The topological polar surface area (TPSA) is 105 Å². The maximum Gasteiger partial charge on any atom is 0.325 e. The van der Waals surface area contributed by atoms with Gasteiger partial charge in [-0.2, -0.15) is 0 Å². The number of phenolic OH excluding ortho intramolecular Hbond substituents is 1. The number of phenols is 1. The molecule has 0 aromatic heterocycles. The van der Waals surface area contributed by atoms with Gasteiger partial charge in [0.1, 0.15) is 12.3 Å². The maximum absolute atomic E-state index is 11.7. The molecular weight excluding hydrogens is 312 g/mol. The highest BCUT2D eigenvalue weighted by atomic mass is 16.5. The highest BCUT2D eigenvalue weighted by Gasteiger charge is 2.10. The van der Waals surface area contributed by atoms with Crippen LogP contribution in [0, 0.1) is 0 Å². The van der Waals surface area contributed by atoms with Crippen LogP contribution in [0.3, 0.4) is 0 Å². The van der Waals surface area contributed by atoms with Crippen LogP contribution in [-0.2, 0) is 14.3 Å². The van der Waals surface area contributed by atoms with E-state index in [2.05, 4.69) is 10.6 Å². The molecule has 2 amide bonds. The predicted molar refractivity (Wildman–Crippen MR) is 86.5 cm³/mol. The lowest BCUT2D eigenvalue weighted by atomic mass is 10.2. The molecule has 0 unspecified atom stereocenters. The summed E-state index contributed by atoms with van der Waals surface area (Å²) in [7, 11) is 0. The highest BCUT2D eigenvalue weighted by molar-refractivity contribution is 5.96. The summed E-state index contributed by atoms with van der Waals surface area (Å²) in [4.78, 5) is 34.9. The van der Waals surface area contributed by atoms with Crippen molar-refractivity contribution in [1.29, 1.82) is 0 Å². The van der Waals surface area contributed by atoms with Gasteiger partial charge in [-0.1, -0.05) is 18.2 Å². The first-order chi connectivity index (χ1) is 11.5. The Morgan fingerprint density at radius 3 is 2.29 bits per heavy atom. The molecule has 0 saturated carbocycles. The number of hydrogen-bond acceptors (Lipinski definition) is 5. The average Bonchev–Trinajstić information content (AvgIpc) is 2.60. The second-order valence-corrected chi connectivity index (χ2v) is 4.80. The Bertz CT molecular complexity index is 714. The van der Waals surface area contributed by atoms with Crippen LogP contribution in [0.25, 0.3) is 0 Å². The Labute approximate surface area is 138 Å². The fourth-order valence-electron chi connectivity index (χ4n) is 1.78. The number of carbonyl (C=O) groups excluding carboxylic acids is 3. The van der Waals surface area contributed by atoms with Gasteiger partial charge in [0.05, 0.1) is 0 Å². The third-order valence-corrected chi connectivity index (χ3v) is 2.94. The van der Waals surface area contributed by atoms with Crippen LogP contribution in [0.2, 0.25) is 0 Å². The van der Waals surface area contributed by atoms with Crippen molar-refractivity contribution in [3.05, 3.63) is 60.2 Å². The number of anilines is 1. The lowest BCUT2D eigenvalue weighted by Crippen LogP contribution is -2.32. The minimum Gasteiger partial charge on any atom is -0.508 e. The Morgan fingerprint density at radius 2 is 1.62 bits per heavy atom. The minimum absolute atomic E-state index is 0.0774. The van der Waals surface area contributed by atoms with E-state index in [1.165, 1.54) is 24.3 Å². The Kier molecular flexibility index (Phi) is 5.90. The Hall–Kier alpha value is -3.35. The van der Waals surface area contributed by atoms with Gasteiger partial charge in [0.25, 0.3) is 11.8 Å². The molecule has 3 N–H and O–H groups in total. The second-order valence-electron chi connectivity index (χ2n) is 4.80. The number of carbonyl (C=O) groups is 3. The van der Waals surface area contributed by atoms with Crippen molar-refractivity contribution in [2.45, 2.75) is 0 Å². The molecule has 24 heavy (non-hydrogen) atoms. The number of ether oxygens (including phenoxy) is 1. The van der Waals surface area contributed by atoms with Crippen LogP contribution in [0.15, 0.2) is 54.6 Å². The minimum atomic E-state index is -0.722. The van der Waals surface area contributed by atoms with Crippen LogP contribution in [0.1, 0.15) is 10.4 Å². The number of aromatic hydroxyl groups is 1. The van der Waals surface area contributed by atoms with E-state index in [1.54, 1.807) is 30.3 Å². The summed E-state index contributed by atoms with van der Waals surface area (Å²) in [6.45, 7) is -0.804. The van der Waals surface area contributed by atoms with Crippen LogP contribution in [0.5, 0.6) is 5.75 Å². The molecule has 2 aromatic rings. The number of nitrogens with one attached hydrogen (secondary N) is 2. The summed E-state index contributed by atoms with van der Waals surface area (Å²) in [5, 5.41) is 14.0. The summed E-state index contributed by atoms with van der Waals surface area (Å²) >= 11 is 0. The van der Waals surface area contributed by atoms with Crippen molar-refractivity contribution in [1.82, 2.24) is 5.32 Å². The normalized spacial score (nSPS) is 9.83. The van der Waals surface area contributed by atoms with E-state index >= 15 is 0 Å². The van der Waals surface area contributed by atoms with Gasteiger partial charge in [-0.25, -0.2) is 0 Å². The first-order valence-electron chi connectivity index (χ1n) is 7.12. The standard InChI is InChI=1S/C17H16N2O5/c20-14-8-6-13(7-9-14)19-15(21)11-24-16(22)10-18-17(23)12-4-2-1-3-5-12/h1-9,20H,10-11H2,(H,18,23)(H,19,21). The average molecular weight is 328 g/mol. The van der Waals surface area contributed by atoms with Crippen molar-refractivity contribution in [2.24, 2.45) is 0 Å². The Morgan fingerprint density at radius 1 is 0.958 bits per heavy atom. The number of amides is 2. The molecular formula is C17H16N2O5. The van der Waals surface area contributed by atoms with Gasteiger partial charge in [0.2, 0.25) is 0 Å². The van der Waals surface area contributed by atoms with E-state index < -0.39 is 24.4 Å². The molecule has 0 fully saturated rings. The molecule has 0 spiro atoms. The van der Waals surface area contributed by atoms with E-state index in [0.29, 0.717) is 11.3 Å². The molecule has 0 bridgehead atoms. The molecule has 2 rings (SSSR count). The van der Waals surface area contributed by atoms with E-state index in [4.69, 9.17) is 9.84 Å². The summed E-state index contributed by atoms with van der Waals surface area (Å²) in [5.74, 6) is -1.57. The maximum atomic E-state index is 11.7. The summed E-state index contributed by atoms with van der Waals surface area (Å²) < 4.78 is 4.77. The van der Waals surface area contributed by atoms with E-state index in [1.807, 2.05) is 0 Å². The van der Waals surface area contributed by atoms with Gasteiger partial charge in [0.15, 0.2) is 6.61 Å². The number of hydrogen-bond donors (Lipinski definition) is 3. The van der Waals surface area contributed by atoms with Gasteiger partial charge in [-0.05, 0) is 36.4 Å². The lowest BCUT2D eigenvalue weighted by Gasteiger charge is -2.07. The zero-order valence-corrected chi connectivity index (χ0v) is 12.7. The number of rotatable bonds is 6. The zero-order chi connectivity index (χ0) is 17.4. The first-order valence-corrected chi connectivity index (χ1v) is 7.12. The first kappa shape index (κ1) is 17.0. The van der Waals surface area contributed by atoms with Crippen molar-refractivity contribution in [2.75, 3.05) is 18.5 Å². The van der Waals surface area contributed by atoms with E-state index in [-0.39, 0.29) is 12.3 Å². The molecule has 0 heterocycles. The third kappa shape index (κ3) is 5.45. The largest absolute Gasteiger partial charge is 0.508 e. The van der Waals surface area contributed by atoms with Crippen molar-refractivity contribution in [3.8, 4) is 5.75 Å². The van der Waals surface area contributed by atoms with E-state index in [0.717, 1.165) is 0 Å². The van der Waals surface area contributed by atoms with Crippen molar-refractivity contribution < 1.29 is 24.2 Å². The second kappa shape index (κ2) is 8.33. The van der Waals surface area contributed by atoms with Crippen LogP contribution >= 0.6 is 0 Å². The fraction of sp³-hybridized carbons (Fsp3) is 0.118. The molecule has 0 aliphatic rings. The lowest BCUT2D eigenvalue weighted by molar-refractivity contribution is -0.146. The molecule has 0 radical (unpaired) electrons. The molecule has 7 heteroatoms. The monoisotopic (exact) mass is 328 g/mol. The number of esters is 1. The number of benzene rings is 2. The van der Waals surface area contributed by atoms with Gasteiger partial charge in [-0.15, -0.1) is 0 Å². The summed E-state index contributed by atoms with van der Waals surface area (Å²) in [6.07, 6.45) is 0. The SMILES string of the molecule is O=C(COC(=O)CNC(=O)c1ccccc1)Nc1ccc(O)cc1. The molecule has 124 valence electrons. The van der Waals surface area contributed by atoms with Gasteiger partial charge < -0.3 is 20.5 Å². The molecule has 0 saturated heterocycles. The molecule has 7 nitrogen and oxygen atoms in total. The van der Waals surface area contributed by atoms with Gasteiger partial charge in [0, 0.05) is 11.3 Å². The predicted octanol–water partition coefficient (Wildman–Crippen LogP) is 1.30. The van der Waals surface area contributed by atoms with E-state index in [9.17, 15) is 14.4 Å². The van der Waals surface area contributed by atoms with Gasteiger partial charge in [-0.3, -0.25) is 14.4 Å². The molecule has 0 aliphatic carbocycles. The Balaban J connectivity index is 1.70.